The summed E-state index contributed by atoms with van der Waals surface area (Å²) in [5.74, 6) is 0.654. The molecule has 1 aromatic carbocycles. The lowest BCUT2D eigenvalue weighted by atomic mass is 10.0. The Kier molecular flexibility index (Phi) is 7.00. The van der Waals surface area contributed by atoms with Crippen molar-refractivity contribution in [2.24, 2.45) is 0 Å². The van der Waals surface area contributed by atoms with Crippen molar-refractivity contribution in [1.82, 2.24) is 10.2 Å². The summed E-state index contributed by atoms with van der Waals surface area (Å²) in [4.78, 5) is 2.41. The summed E-state index contributed by atoms with van der Waals surface area (Å²) in [6, 6.07) is 8.93. The van der Waals surface area contributed by atoms with Crippen molar-refractivity contribution >= 4 is 0 Å². The molecule has 0 saturated carbocycles. The van der Waals surface area contributed by atoms with Gasteiger partial charge < -0.3 is 19.9 Å². The van der Waals surface area contributed by atoms with Crippen LogP contribution in [0, 0.1) is 11.3 Å². The Labute approximate surface area is 144 Å². The predicted molar refractivity (Wildman–Crippen MR) is 92.0 cm³/mol. The molecule has 1 atom stereocenters. The van der Waals surface area contributed by atoms with Crippen LogP contribution in [0.4, 0.5) is 0 Å². The van der Waals surface area contributed by atoms with Crippen LogP contribution >= 0.6 is 0 Å². The third-order valence-electron chi connectivity index (χ3n) is 4.23. The zero-order valence-corrected chi connectivity index (χ0v) is 14.5. The monoisotopic (exact) mass is 333 g/mol. The zero-order valence-electron chi connectivity index (χ0n) is 14.5. The maximum atomic E-state index is 10.0. The third-order valence-corrected chi connectivity index (χ3v) is 4.23. The van der Waals surface area contributed by atoms with Gasteiger partial charge in [0.1, 0.15) is 18.5 Å². The van der Waals surface area contributed by atoms with Crippen LogP contribution in [-0.2, 0) is 4.74 Å². The molecule has 0 aliphatic carbocycles. The topological polar surface area (TPSA) is 77.8 Å². The molecule has 1 fully saturated rings. The number of nitriles is 1. The normalized spacial score (nSPS) is 17.2. The molecule has 0 aromatic heterocycles. The van der Waals surface area contributed by atoms with Gasteiger partial charge in [-0.25, -0.2) is 0 Å². The van der Waals surface area contributed by atoms with Crippen molar-refractivity contribution < 1.29 is 14.6 Å². The second kappa shape index (κ2) is 9.00. The quantitative estimate of drug-likeness (QED) is 0.739. The number of benzene rings is 1. The first kappa shape index (κ1) is 18.7. The maximum Gasteiger partial charge on any atom is 0.119 e. The molecule has 1 aromatic rings. The van der Waals surface area contributed by atoms with Gasteiger partial charge in [0.15, 0.2) is 0 Å². The first-order chi connectivity index (χ1) is 11.5. The van der Waals surface area contributed by atoms with Crippen molar-refractivity contribution in [3.05, 3.63) is 29.8 Å². The zero-order chi connectivity index (χ0) is 17.4. The van der Waals surface area contributed by atoms with Gasteiger partial charge in [0.25, 0.3) is 0 Å². The Morgan fingerprint density at radius 3 is 2.62 bits per heavy atom. The Morgan fingerprint density at radius 2 is 2.00 bits per heavy atom. The van der Waals surface area contributed by atoms with E-state index < -0.39 is 6.10 Å². The predicted octanol–water partition coefficient (Wildman–Crippen LogP) is 0.998. The van der Waals surface area contributed by atoms with Gasteiger partial charge >= 0.3 is 0 Å². The molecule has 2 N–H and O–H groups in total. The maximum absolute atomic E-state index is 10.0. The highest BCUT2D eigenvalue weighted by molar-refractivity contribution is 5.34. The number of ether oxygens (including phenoxy) is 2. The van der Waals surface area contributed by atoms with E-state index in [1.54, 1.807) is 24.3 Å². The molecule has 1 aliphatic heterocycles. The summed E-state index contributed by atoms with van der Waals surface area (Å²) in [5, 5.41) is 22.1. The van der Waals surface area contributed by atoms with Crippen LogP contribution in [-0.4, -0.2) is 67.6 Å². The summed E-state index contributed by atoms with van der Waals surface area (Å²) in [6.45, 7) is 9.34. The number of nitrogens with one attached hydrogen (secondary N) is 1. The Bertz CT molecular complexity index is 533. The van der Waals surface area contributed by atoms with Crippen LogP contribution in [0.2, 0.25) is 0 Å². The molecule has 0 bridgehead atoms. The third kappa shape index (κ3) is 5.77. The minimum Gasteiger partial charge on any atom is -0.491 e. The highest BCUT2D eigenvalue weighted by Crippen LogP contribution is 2.15. The first-order valence-electron chi connectivity index (χ1n) is 8.36. The van der Waals surface area contributed by atoms with Gasteiger partial charge in [-0.3, -0.25) is 4.90 Å². The molecule has 24 heavy (non-hydrogen) atoms. The van der Waals surface area contributed by atoms with E-state index in [4.69, 9.17) is 14.7 Å². The molecule has 0 radical (unpaired) electrons. The average molecular weight is 333 g/mol. The van der Waals surface area contributed by atoms with Crippen LogP contribution < -0.4 is 10.1 Å². The summed E-state index contributed by atoms with van der Waals surface area (Å²) < 4.78 is 10.9. The Balaban J connectivity index is 1.66. The van der Waals surface area contributed by atoms with E-state index in [0.29, 0.717) is 17.9 Å². The van der Waals surface area contributed by atoms with Gasteiger partial charge in [0.05, 0.1) is 24.8 Å². The van der Waals surface area contributed by atoms with Crippen molar-refractivity contribution in [3.63, 3.8) is 0 Å². The van der Waals surface area contributed by atoms with Gasteiger partial charge in [0, 0.05) is 31.7 Å². The molecule has 0 spiro atoms. The summed E-state index contributed by atoms with van der Waals surface area (Å²) in [5.41, 5.74) is 0.618. The molecule has 1 saturated heterocycles. The van der Waals surface area contributed by atoms with Crippen molar-refractivity contribution in [1.29, 1.82) is 5.26 Å². The van der Waals surface area contributed by atoms with Gasteiger partial charge in [-0.15, -0.1) is 0 Å². The number of hydrogen-bond donors (Lipinski definition) is 2. The molecule has 6 nitrogen and oxygen atoms in total. The molecular weight excluding hydrogens is 306 g/mol. The Morgan fingerprint density at radius 1 is 1.33 bits per heavy atom. The standard InChI is InChI=1S/C18H27N3O3/c1-18(2,21-7-9-23-10-8-21)14-20-12-16(22)13-24-17-5-3-15(11-19)4-6-17/h3-6,16,20,22H,7-10,12-14H2,1-2H3/t16-/m0/s1. The van der Waals surface area contributed by atoms with E-state index >= 15 is 0 Å². The van der Waals surface area contributed by atoms with E-state index in [-0.39, 0.29) is 12.1 Å². The molecular formula is C18H27N3O3. The minimum absolute atomic E-state index is 0.0253. The molecule has 6 heteroatoms. The van der Waals surface area contributed by atoms with Gasteiger partial charge in [0.2, 0.25) is 0 Å². The first-order valence-corrected chi connectivity index (χ1v) is 8.36. The summed E-state index contributed by atoms with van der Waals surface area (Å²) in [6.07, 6.45) is -0.582. The van der Waals surface area contributed by atoms with E-state index in [0.717, 1.165) is 32.8 Å². The lowest BCUT2D eigenvalue weighted by Gasteiger charge is -2.41. The second-order valence-corrected chi connectivity index (χ2v) is 6.64. The van der Waals surface area contributed by atoms with Crippen LogP contribution in [0.3, 0.4) is 0 Å². The van der Waals surface area contributed by atoms with Gasteiger partial charge in [-0.1, -0.05) is 0 Å². The SMILES string of the molecule is CC(C)(CNC[C@H](O)COc1ccc(C#N)cc1)N1CCOCC1. The molecule has 0 amide bonds. The second-order valence-electron chi connectivity index (χ2n) is 6.64. The lowest BCUT2D eigenvalue weighted by Crippen LogP contribution is -2.55. The molecule has 0 unspecified atom stereocenters. The fraction of sp³-hybridized carbons (Fsp3) is 0.611. The number of morpholine rings is 1. The van der Waals surface area contributed by atoms with Crippen molar-refractivity contribution in [2.45, 2.75) is 25.5 Å². The molecule has 132 valence electrons. The van der Waals surface area contributed by atoms with Crippen LogP contribution in [0.1, 0.15) is 19.4 Å². The number of aliphatic hydroxyl groups excluding tert-OH is 1. The fourth-order valence-corrected chi connectivity index (χ4v) is 2.70. The molecule has 1 aliphatic rings. The van der Waals surface area contributed by atoms with Crippen LogP contribution in [0.5, 0.6) is 5.75 Å². The summed E-state index contributed by atoms with van der Waals surface area (Å²) >= 11 is 0. The van der Waals surface area contributed by atoms with Crippen molar-refractivity contribution in [3.8, 4) is 11.8 Å². The largest absolute Gasteiger partial charge is 0.491 e. The van der Waals surface area contributed by atoms with E-state index in [1.165, 1.54) is 0 Å². The van der Waals surface area contributed by atoms with E-state index in [1.807, 2.05) is 0 Å². The van der Waals surface area contributed by atoms with E-state index in [9.17, 15) is 5.11 Å². The molecule has 1 heterocycles. The fourth-order valence-electron chi connectivity index (χ4n) is 2.70. The van der Waals surface area contributed by atoms with Crippen LogP contribution in [0.25, 0.3) is 0 Å². The summed E-state index contributed by atoms with van der Waals surface area (Å²) in [7, 11) is 0. The number of aliphatic hydroxyl groups is 1. The van der Waals surface area contributed by atoms with Crippen molar-refractivity contribution in [2.75, 3.05) is 46.0 Å². The van der Waals surface area contributed by atoms with Gasteiger partial charge in [-0.05, 0) is 38.1 Å². The minimum atomic E-state index is -0.582. The smallest absolute Gasteiger partial charge is 0.119 e. The average Bonchev–Trinajstić information content (AvgIpc) is 2.61. The number of rotatable bonds is 8. The highest BCUT2D eigenvalue weighted by Gasteiger charge is 2.27. The van der Waals surface area contributed by atoms with E-state index in [2.05, 4.69) is 30.1 Å². The molecule has 2 rings (SSSR count). The number of hydrogen-bond acceptors (Lipinski definition) is 6. The highest BCUT2D eigenvalue weighted by atomic mass is 16.5. The van der Waals surface area contributed by atoms with Gasteiger partial charge in [-0.2, -0.15) is 5.26 Å². The number of nitrogens with zero attached hydrogens (tertiary/aromatic N) is 2. The van der Waals surface area contributed by atoms with Crippen LogP contribution in [0.15, 0.2) is 24.3 Å². The Hall–Kier alpha value is -1.65. The lowest BCUT2D eigenvalue weighted by molar-refractivity contribution is -0.0107.